The quantitative estimate of drug-likeness (QED) is 0.861. The summed E-state index contributed by atoms with van der Waals surface area (Å²) in [5.41, 5.74) is 1.36. The lowest BCUT2D eigenvalue weighted by atomic mass is 9.92. The third-order valence-electron chi connectivity index (χ3n) is 3.95. The van der Waals surface area contributed by atoms with Crippen LogP contribution in [0.2, 0.25) is 0 Å². The average molecular weight is 362 g/mol. The van der Waals surface area contributed by atoms with Crippen molar-refractivity contribution in [1.82, 2.24) is 10.2 Å². The molecular formula is C18H20F2N4O2. The number of rotatable bonds is 3. The topological polar surface area (TPSA) is 76.1 Å². The second-order valence-corrected chi connectivity index (χ2v) is 7.21. The number of carbonyl (C=O) groups excluding carboxylic acids is 1. The SMILES string of the molecule is CC(C)(C)c1ccc(NC(=O)Nc2cccc(C3OCC3(F)F)c2)nn1. The largest absolute Gasteiger partial charge is 0.361 e. The fraction of sp³-hybridized carbons (Fsp3) is 0.389. The van der Waals surface area contributed by atoms with Crippen molar-refractivity contribution in [3.63, 3.8) is 0 Å². The molecule has 0 saturated carbocycles. The third kappa shape index (κ3) is 3.96. The van der Waals surface area contributed by atoms with Crippen LogP contribution in [-0.2, 0) is 10.2 Å². The monoisotopic (exact) mass is 362 g/mol. The van der Waals surface area contributed by atoms with Crippen LogP contribution in [0.1, 0.15) is 38.1 Å². The summed E-state index contributed by atoms with van der Waals surface area (Å²) in [7, 11) is 0. The molecule has 2 N–H and O–H groups in total. The Morgan fingerprint density at radius 3 is 2.50 bits per heavy atom. The van der Waals surface area contributed by atoms with Gasteiger partial charge in [0.1, 0.15) is 12.7 Å². The molecule has 0 radical (unpaired) electrons. The van der Waals surface area contributed by atoms with Gasteiger partial charge in [-0.3, -0.25) is 5.32 Å². The van der Waals surface area contributed by atoms with Crippen molar-refractivity contribution in [2.45, 2.75) is 38.2 Å². The van der Waals surface area contributed by atoms with E-state index < -0.39 is 24.7 Å². The zero-order chi connectivity index (χ0) is 18.9. The molecule has 2 heterocycles. The van der Waals surface area contributed by atoms with Gasteiger partial charge in [-0.25, -0.2) is 13.6 Å². The molecule has 1 aromatic heterocycles. The van der Waals surface area contributed by atoms with Crippen molar-refractivity contribution in [3.8, 4) is 0 Å². The molecule has 1 fully saturated rings. The molecule has 2 aromatic rings. The lowest BCUT2D eigenvalue weighted by Crippen LogP contribution is -2.44. The highest BCUT2D eigenvalue weighted by atomic mass is 19.3. The Labute approximate surface area is 150 Å². The first kappa shape index (κ1) is 18.2. The number of amides is 2. The van der Waals surface area contributed by atoms with Crippen molar-refractivity contribution in [2.24, 2.45) is 0 Å². The van der Waals surface area contributed by atoms with Crippen LogP contribution >= 0.6 is 0 Å². The number of aromatic nitrogens is 2. The van der Waals surface area contributed by atoms with Crippen molar-refractivity contribution in [3.05, 3.63) is 47.7 Å². The van der Waals surface area contributed by atoms with Gasteiger partial charge in [-0.15, -0.1) is 5.10 Å². The van der Waals surface area contributed by atoms with Gasteiger partial charge in [-0.05, 0) is 29.8 Å². The Bertz CT molecular complexity index is 804. The third-order valence-corrected chi connectivity index (χ3v) is 3.95. The molecule has 1 atom stereocenters. The highest BCUT2D eigenvalue weighted by Crippen LogP contribution is 2.43. The first-order valence-electron chi connectivity index (χ1n) is 8.17. The van der Waals surface area contributed by atoms with Crippen LogP contribution in [0.15, 0.2) is 36.4 Å². The number of carbonyl (C=O) groups is 1. The van der Waals surface area contributed by atoms with E-state index in [4.69, 9.17) is 4.74 Å². The molecule has 1 aliphatic heterocycles. The molecule has 6 nitrogen and oxygen atoms in total. The Balaban J connectivity index is 1.63. The maximum absolute atomic E-state index is 13.4. The number of hydrogen-bond donors (Lipinski definition) is 2. The summed E-state index contributed by atoms with van der Waals surface area (Å²) in [4.78, 5) is 12.1. The molecule has 0 spiro atoms. The number of benzene rings is 1. The van der Waals surface area contributed by atoms with Crippen molar-refractivity contribution < 1.29 is 18.3 Å². The Morgan fingerprint density at radius 2 is 1.96 bits per heavy atom. The van der Waals surface area contributed by atoms with Crippen LogP contribution in [0.5, 0.6) is 0 Å². The zero-order valence-electron chi connectivity index (χ0n) is 14.7. The molecule has 1 saturated heterocycles. The van der Waals surface area contributed by atoms with Crippen molar-refractivity contribution in [2.75, 3.05) is 17.2 Å². The number of hydrogen-bond acceptors (Lipinski definition) is 4. The van der Waals surface area contributed by atoms with Gasteiger partial charge < -0.3 is 10.1 Å². The number of alkyl halides is 2. The van der Waals surface area contributed by atoms with Crippen LogP contribution in [0.4, 0.5) is 25.1 Å². The minimum absolute atomic E-state index is 0.139. The highest BCUT2D eigenvalue weighted by Gasteiger charge is 2.51. The van der Waals surface area contributed by atoms with Gasteiger partial charge >= 0.3 is 12.0 Å². The number of ether oxygens (including phenoxy) is 1. The minimum atomic E-state index is -2.88. The molecule has 8 heteroatoms. The highest BCUT2D eigenvalue weighted by molar-refractivity contribution is 5.99. The van der Waals surface area contributed by atoms with Gasteiger partial charge in [0, 0.05) is 11.1 Å². The van der Waals surface area contributed by atoms with Crippen LogP contribution in [0.25, 0.3) is 0 Å². The lowest BCUT2D eigenvalue weighted by molar-refractivity contribution is -0.268. The second-order valence-electron chi connectivity index (χ2n) is 7.21. The van der Waals surface area contributed by atoms with Gasteiger partial charge in [0.15, 0.2) is 5.82 Å². The van der Waals surface area contributed by atoms with Gasteiger partial charge in [-0.1, -0.05) is 32.9 Å². The van der Waals surface area contributed by atoms with Gasteiger partial charge in [0.2, 0.25) is 0 Å². The van der Waals surface area contributed by atoms with E-state index in [0.29, 0.717) is 17.1 Å². The maximum atomic E-state index is 13.4. The molecule has 0 bridgehead atoms. The fourth-order valence-corrected chi connectivity index (χ4v) is 2.49. The molecule has 1 aromatic carbocycles. The Morgan fingerprint density at radius 1 is 1.19 bits per heavy atom. The van der Waals surface area contributed by atoms with E-state index in [9.17, 15) is 13.6 Å². The minimum Gasteiger partial charge on any atom is -0.361 e. The Kier molecular flexibility index (Phi) is 4.62. The maximum Gasteiger partial charge on any atom is 0.324 e. The summed E-state index contributed by atoms with van der Waals surface area (Å²) in [5, 5.41) is 13.2. The molecule has 2 amide bonds. The summed E-state index contributed by atoms with van der Waals surface area (Å²) in [5.74, 6) is -2.59. The predicted octanol–water partition coefficient (Wildman–Crippen LogP) is 4.12. The lowest BCUT2D eigenvalue weighted by Gasteiger charge is -2.36. The fourth-order valence-electron chi connectivity index (χ4n) is 2.49. The van der Waals surface area contributed by atoms with Crippen LogP contribution in [0, 0.1) is 0 Å². The molecular weight excluding hydrogens is 342 g/mol. The van der Waals surface area contributed by atoms with E-state index in [-0.39, 0.29) is 5.41 Å². The molecule has 1 aliphatic rings. The van der Waals surface area contributed by atoms with Gasteiger partial charge in [0.25, 0.3) is 0 Å². The number of nitrogens with zero attached hydrogens (tertiary/aromatic N) is 2. The number of anilines is 2. The first-order chi connectivity index (χ1) is 12.1. The summed E-state index contributed by atoms with van der Waals surface area (Å²) >= 11 is 0. The van der Waals surface area contributed by atoms with E-state index in [1.807, 2.05) is 20.8 Å². The number of urea groups is 1. The van der Waals surface area contributed by atoms with Gasteiger partial charge in [0.05, 0.1) is 5.69 Å². The summed E-state index contributed by atoms with van der Waals surface area (Å²) in [6.07, 6.45) is -1.27. The first-order valence-corrected chi connectivity index (χ1v) is 8.17. The number of nitrogens with one attached hydrogen (secondary N) is 2. The standard InChI is InChI=1S/C18H20F2N4O2/c1-17(2,3)13-7-8-14(24-23-13)22-16(25)21-12-6-4-5-11(9-12)15-18(19,20)10-26-15/h4-9,15H,10H2,1-3H3,(H2,21,22,24,25). The van der Waals surface area contributed by atoms with Crippen molar-refractivity contribution in [1.29, 1.82) is 0 Å². The van der Waals surface area contributed by atoms with E-state index in [1.54, 1.807) is 24.3 Å². The van der Waals surface area contributed by atoms with E-state index >= 15 is 0 Å². The van der Waals surface area contributed by atoms with E-state index in [0.717, 1.165) is 5.69 Å². The molecule has 0 aliphatic carbocycles. The summed E-state index contributed by atoms with van der Waals surface area (Å²) < 4.78 is 31.8. The molecule has 138 valence electrons. The van der Waals surface area contributed by atoms with Crippen LogP contribution in [0.3, 0.4) is 0 Å². The van der Waals surface area contributed by atoms with Crippen LogP contribution in [-0.4, -0.2) is 28.8 Å². The molecule has 3 rings (SSSR count). The zero-order valence-corrected chi connectivity index (χ0v) is 14.7. The Hall–Kier alpha value is -2.61. The van der Waals surface area contributed by atoms with Crippen molar-refractivity contribution >= 4 is 17.5 Å². The van der Waals surface area contributed by atoms with E-state index in [1.165, 1.54) is 12.1 Å². The van der Waals surface area contributed by atoms with E-state index in [2.05, 4.69) is 20.8 Å². The number of halogens is 2. The second kappa shape index (κ2) is 6.60. The molecule has 26 heavy (non-hydrogen) atoms. The predicted molar refractivity (Wildman–Crippen MR) is 93.5 cm³/mol. The van der Waals surface area contributed by atoms with Crippen LogP contribution < -0.4 is 10.6 Å². The van der Waals surface area contributed by atoms with Gasteiger partial charge in [-0.2, -0.15) is 5.10 Å². The summed E-state index contributed by atoms with van der Waals surface area (Å²) in [6.45, 7) is 5.45. The smallest absolute Gasteiger partial charge is 0.324 e. The summed E-state index contributed by atoms with van der Waals surface area (Å²) in [6, 6.07) is 9.10. The molecule has 1 unspecified atom stereocenters. The average Bonchev–Trinajstić information content (AvgIpc) is 2.54. The normalized spacial score (nSPS) is 18.7.